The summed E-state index contributed by atoms with van der Waals surface area (Å²) in [5, 5.41) is 2.88. The van der Waals surface area contributed by atoms with Crippen LogP contribution in [-0.4, -0.2) is 43.0 Å². The molecule has 1 heterocycles. The number of anilines is 1. The zero-order valence-corrected chi connectivity index (χ0v) is 17.8. The minimum absolute atomic E-state index is 0.0387. The zero-order valence-electron chi connectivity index (χ0n) is 17.8. The first kappa shape index (κ1) is 21.4. The Morgan fingerprint density at radius 2 is 1.44 bits per heavy atom. The minimum Gasteiger partial charge on any atom is -0.490 e. The Morgan fingerprint density at radius 3 is 2.19 bits per heavy atom. The predicted octanol–water partition coefficient (Wildman–Crippen LogP) is 4.63. The third-order valence-electron chi connectivity index (χ3n) is 5.27. The largest absolute Gasteiger partial charge is 0.490 e. The van der Waals surface area contributed by atoms with Gasteiger partial charge in [-0.1, -0.05) is 30.3 Å². The van der Waals surface area contributed by atoms with E-state index in [1.54, 1.807) is 42.5 Å². The molecule has 3 aromatic carbocycles. The molecule has 0 aromatic heterocycles. The molecule has 1 saturated heterocycles. The van der Waals surface area contributed by atoms with Gasteiger partial charge < -0.3 is 19.7 Å². The van der Waals surface area contributed by atoms with E-state index in [0.29, 0.717) is 35.8 Å². The highest BCUT2D eigenvalue weighted by molar-refractivity contribution is 6.06. The molecular formula is C26H26N2O4. The van der Waals surface area contributed by atoms with E-state index in [4.69, 9.17) is 9.47 Å². The van der Waals surface area contributed by atoms with E-state index in [0.717, 1.165) is 31.7 Å². The standard InChI is InChI=1S/C26H26N2O4/c29-25(27-21-14-12-20(13-15-21)26(30)28-16-6-7-17-28)23-10-4-5-11-24(23)32-19-18-31-22-8-2-1-3-9-22/h1-5,8-15H,6-7,16-19H2,(H,27,29). The van der Waals surface area contributed by atoms with E-state index >= 15 is 0 Å². The maximum absolute atomic E-state index is 12.8. The number of likely N-dealkylation sites (tertiary alicyclic amines) is 1. The topological polar surface area (TPSA) is 67.9 Å². The van der Waals surface area contributed by atoms with Crippen molar-refractivity contribution in [1.29, 1.82) is 0 Å². The first-order valence-corrected chi connectivity index (χ1v) is 10.8. The summed E-state index contributed by atoms with van der Waals surface area (Å²) in [7, 11) is 0. The second-order valence-electron chi connectivity index (χ2n) is 7.54. The first-order valence-electron chi connectivity index (χ1n) is 10.8. The quantitative estimate of drug-likeness (QED) is 0.529. The van der Waals surface area contributed by atoms with Gasteiger partial charge in [0.25, 0.3) is 11.8 Å². The summed E-state index contributed by atoms with van der Waals surface area (Å²) >= 11 is 0. The summed E-state index contributed by atoms with van der Waals surface area (Å²) in [6.07, 6.45) is 2.11. The third-order valence-corrected chi connectivity index (χ3v) is 5.27. The Hall–Kier alpha value is -3.80. The summed E-state index contributed by atoms with van der Waals surface area (Å²) in [5.41, 5.74) is 1.69. The van der Waals surface area contributed by atoms with Crippen LogP contribution in [0.1, 0.15) is 33.6 Å². The van der Waals surface area contributed by atoms with Gasteiger partial charge in [0.2, 0.25) is 0 Å². The van der Waals surface area contributed by atoms with Crippen LogP contribution in [0.15, 0.2) is 78.9 Å². The fourth-order valence-corrected chi connectivity index (χ4v) is 3.61. The summed E-state index contributed by atoms with van der Waals surface area (Å²) < 4.78 is 11.4. The molecule has 3 aromatic rings. The molecule has 0 radical (unpaired) electrons. The predicted molar refractivity (Wildman–Crippen MR) is 123 cm³/mol. The van der Waals surface area contributed by atoms with Crippen molar-refractivity contribution in [3.05, 3.63) is 90.0 Å². The lowest BCUT2D eigenvalue weighted by Gasteiger charge is -2.15. The number of rotatable bonds is 8. The summed E-state index contributed by atoms with van der Waals surface area (Å²) in [6, 6.07) is 23.6. The van der Waals surface area contributed by atoms with Crippen LogP contribution in [0.3, 0.4) is 0 Å². The second kappa shape index (κ2) is 10.5. The number of nitrogens with one attached hydrogen (secondary N) is 1. The Morgan fingerprint density at radius 1 is 0.781 bits per heavy atom. The smallest absolute Gasteiger partial charge is 0.259 e. The lowest BCUT2D eigenvalue weighted by molar-refractivity contribution is 0.0792. The van der Waals surface area contributed by atoms with E-state index < -0.39 is 0 Å². The molecule has 0 spiro atoms. The minimum atomic E-state index is -0.275. The highest BCUT2D eigenvalue weighted by Gasteiger charge is 2.19. The highest BCUT2D eigenvalue weighted by atomic mass is 16.5. The van der Waals surface area contributed by atoms with E-state index in [1.807, 2.05) is 41.3 Å². The number of amides is 2. The zero-order chi connectivity index (χ0) is 22.2. The van der Waals surface area contributed by atoms with Crippen molar-refractivity contribution < 1.29 is 19.1 Å². The maximum Gasteiger partial charge on any atom is 0.259 e. The van der Waals surface area contributed by atoms with Gasteiger partial charge in [-0.2, -0.15) is 0 Å². The number of nitrogens with zero attached hydrogens (tertiary/aromatic N) is 1. The van der Waals surface area contributed by atoms with Gasteiger partial charge in [0, 0.05) is 24.3 Å². The monoisotopic (exact) mass is 430 g/mol. The van der Waals surface area contributed by atoms with Gasteiger partial charge in [-0.3, -0.25) is 9.59 Å². The number of benzene rings is 3. The molecule has 1 aliphatic heterocycles. The fraction of sp³-hybridized carbons (Fsp3) is 0.231. The van der Waals surface area contributed by atoms with Crippen molar-refractivity contribution in [2.75, 3.05) is 31.6 Å². The van der Waals surface area contributed by atoms with E-state index in [-0.39, 0.29) is 11.8 Å². The second-order valence-corrected chi connectivity index (χ2v) is 7.54. The lowest BCUT2D eigenvalue weighted by atomic mass is 10.1. The summed E-state index contributed by atoms with van der Waals surface area (Å²) in [6.45, 7) is 2.30. The number of para-hydroxylation sites is 2. The number of hydrogen-bond donors (Lipinski definition) is 1. The molecule has 0 bridgehead atoms. The average Bonchev–Trinajstić information content (AvgIpc) is 3.38. The number of hydrogen-bond acceptors (Lipinski definition) is 4. The molecule has 6 nitrogen and oxygen atoms in total. The molecule has 1 fully saturated rings. The summed E-state index contributed by atoms with van der Waals surface area (Å²) in [4.78, 5) is 27.2. The van der Waals surface area contributed by atoms with Crippen LogP contribution in [0.25, 0.3) is 0 Å². The van der Waals surface area contributed by atoms with Gasteiger partial charge >= 0.3 is 0 Å². The average molecular weight is 431 g/mol. The van der Waals surface area contributed by atoms with Crippen LogP contribution in [0.4, 0.5) is 5.69 Å². The fourth-order valence-electron chi connectivity index (χ4n) is 3.61. The molecule has 0 unspecified atom stereocenters. The van der Waals surface area contributed by atoms with Crippen LogP contribution < -0.4 is 14.8 Å². The molecule has 0 atom stereocenters. The third kappa shape index (κ3) is 5.46. The molecule has 164 valence electrons. The molecule has 0 saturated carbocycles. The SMILES string of the molecule is O=C(Nc1ccc(C(=O)N2CCCC2)cc1)c1ccccc1OCCOc1ccccc1. The van der Waals surface area contributed by atoms with E-state index in [9.17, 15) is 9.59 Å². The van der Waals surface area contributed by atoms with Crippen molar-refractivity contribution in [1.82, 2.24) is 4.90 Å². The molecule has 32 heavy (non-hydrogen) atoms. The Bertz CT molecular complexity index is 1040. The van der Waals surface area contributed by atoms with Crippen molar-refractivity contribution in [3.8, 4) is 11.5 Å². The van der Waals surface area contributed by atoms with Gasteiger partial charge in [0.1, 0.15) is 24.7 Å². The van der Waals surface area contributed by atoms with Crippen molar-refractivity contribution in [2.45, 2.75) is 12.8 Å². The van der Waals surface area contributed by atoms with Crippen LogP contribution in [0.5, 0.6) is 11.5 Å². The van der Waals surface area contributed by atoms with Crippen LogP contribution in [0, 0.1) is 0 Å². The molecule has 2 amide bonds. The number of carbonyl (C=O) groups is 2. The number of ether oxygens (including phenoxy) is 2. The highest BCUT2D eigenvalue weighted by Crippen LogP contribution is 2.21. The van der Waals surface area contributed by atoms with Crippen LogP contribution >= 0.6 is 0 Å². The van der Waals surface area contributed by atoms with Gasteiger partial charge in [-0.25, -0.2) is 0 Å². The van der Waals surface area contributed by atoms with Crippen LogP contribution in [-0.2, 0) is 0 Å². The van der Waals surface area contributed by atoms with Crippen molar-refractivity contribution in [3.63, 3.8) is 0 Å². The molecule has 0 aliphatic carbocycles. The first-order chi connectivity index (χ1) is 15.7. The van der Waals surface area contributed by atoms with Gasteiger partial charge in [-0.15, -0.1) is 0 Å². The van der Waals surface area contributed by atoms with Crippen LogP contribution in [0.2, 0.25) is 0 Å². The van der Waals surface area contributed by atoms with Gasteiger partial charge in [0.15, 0.2) is 0 Å². The van der Waals surface area contributed by atoms with Crippen molar-refractivity contribution in [2.24, 2.45) is 0 Å². The maximum atomic E-state index is 12.8. The normalized spacial score (nSPS) is 12.9. The van der Waals surface area contributed by atoms with E-state index in [1.165, 1.54) is 0 Å². The number of carbonyl (C=O) groups excluding carboxylic acids is 2. The Balaban J connectivity index is 1.33. The van der Waals surface area contributed by atoms with Gasteiger partial charge in [0.05, 0.1) is 5.56 Å². The molecule has 1 N–H and O–H groups in total. The molecule has 1 aliphatic rings. The Kier molecular flexibility index (Phi) is 7.02. The lowest BCUT2D eigenvalue weighted by Crippen LogP contribution is -2.27. The van der Waals surface area contributed by atoms with Crippen molar-refractivity contribution >= 4 is 17.5 Å². The summed E-state index contributed by atoms with van der Waals surface area (Å²) in [5.74, 6) is 1.02. The van der Waals surface area contributed by atoms with Gasteiger partial charge in [-0.05, 0) is 61.4 Å². The Labute approximate surface area is 187 Å². The molecule has 4 rings (SSSR count). The molecule has 6 heteroatoms. The molecular weight excluding hydrogens is 404 g/mol. The van der Waals surface area contributed by atoms with E-state index in [2.05, 4.69) is 5.32 Å².